The van der Waals surface area contributed by atoms with Crippen LogP contribution in [0, 0.1) is 0 Å². The molecule has 28 heavy (non-hydrogen) atoms. The number of ketones is 1. The summed E-state index contributed by atoms with van der Waals surface area (Å²) in [6.45, 7) is 3.72. The van der Waals surface area contributed by atoms with E-state index in [4.69, 9.17) is 4.53 Å². The van der Waals surface area contributed by atoms with Gasteiger partial charge in [-0.25, -0.2) is 0 Å². The first kappa shape index (κ1) is 19.8. The standard InChI is InChI=1S/C24H25NO2Si/c1-3-21(26)19-20(2)25-27-28(22-13-7-4-8-14-22,23-15-9-5-10-16-23)24-17-11-6-12-18-24/h4-18H,3,19H2,1-2H3. The quantitative estimate of drug-likeness (QED) is 0.257. The molecule has 3 aromatic rings. The minimum atomic E-state index is -2.85. The van der Waals surface area contributed by atoms with Crippen LogP contribution in [0.1, 0.15) is 26.7 Å². The van der Waals surface area contributed by atoms with Crippen LogP contribution in [0.3, 0.4) is 0 Å². The highest BCUT2D eigenvalue weighted by Gasteiger charge is 2.44. The number of benzene rings is 3. The lowest BCUT2D eigenvalue weighted by molar-refractivity contribution is -0.117. The largest absolute Gasteiger partial charge is 0.438 e. The summed E-state index contributed by atoms with van der Waals surface area (Å²) in [6, 6.07) is 30.8. The van der Waals surface area contributed by atoms with Crippen LogP contribution in [0.2, 0.25) is 0 Å². The molecule has 0 unspecified atom stereocenters. The Labute approximate surface area is 167 Å². The van der Waals surface area contributed by atoms with Gasteiger partial charge in [-0.3, -0.25) is 4.79 Å². The molecule has 3 nitrogen and oxygen atoms in total. The molecule has 0 amide bonds. The lowest BCUT2D eigenvalue weighted by Crippen LogP contribution is -2.68. The Morgan fingerprint density at radius 2 is 1.18 bits per heavy atom. The Hall–Kier alpha value is -2.98. The highest BCUT2D eigenvalue weighted by molar-refractivity contribution is 7.07. The first-order valence-corrected chi connectivity index (χ1v) is 11.5. The summed E-state index contributed by atoms with van der Waals surface area (Å²) >= 11 is 0. The second kappa shape index (κ2) is 9.29. The molecule has 0 spiro atoms. The van der Waals surface area contributed by atoms with Crippen molar-refractivity contribution in [1.29, 1.82) is 0 Å². The van der Waals surface area contributed by atoms with Crippen molar-refractivity contribution in [3.63, 3.8) is 0 Å². The Morgan fingerprint density at radius 3 is 1.54 bits per heavy atom. The molecule has 3 rings (SSSR count). The van der Waals surface area contributed by atoms with E-state index in [2.05, 4.69) is 41.6 Å². The van der Waals surface area contributed by atoms with E-state index in [1.165, 1.54) is 0 Å². The molecule has 0 saturated carbocycles. The fraction of sp³-hybridized carbons (Fsp3) is 0.167. The molecule has 0 saturated heterocycles. The first-order valence-electron chi connectivity index (χ1n) is 9.56. The van der Waals surface area contributed by atoms with Gasteiger partial charge in [-0.1, -0.05) is 97.9 Å². The zero-order valence-corrected chi connectivity index (χ0v) is 17.3. The van der Waals surface area contributed by atoms with Gasteiger partial charge < -0.3 is 4.53 Å². The number of rotatable bonds is 8. The topological polar surface area (TPSA) is 38.7 Å². The highest BCUT2D eigenvalue weighted by Crippen LogP contribution is 2.11. The maximum absolute atomic E-state index is 11.8. The Bertz CT molecular complexity index is 828. The maximum Gasteiger partial charge on any atom is 0.380 e. The predicted molar refractivity (Wildman–Crippen MR) is 118 cm³/mol. The van der Waals surface area contributed by atoms with Crippen LogP contribution in [-0.2, 0) is 9.32 Å². The molecule has 0 aliphatic carbocycles. The van der Waals surface area contributed by atoms with Gasteiger partial charge in [-0.15, -0.1) is 5.16 Å². The molecule has 0 heterocycles. The zero-order chi connectivity index (χ0) is 19.8. The van der Waals surface area contributed by atoms with Gasteiger partial charge in [0.15, 0.2) is 0 Å². The third-order valence-electron chi connectivity index (χ3n) is 4.73. The van der Waals surface area contributed by atoms with E-state index in [0.29, 0.717) is 18.6 Å². The van der Waals surface area contributed by atoms with Crippen molar-refractivity contribution in [3.05, 3.63) is 91.0 Å². The van der Waals surface area contributed by atoms with Gasteiger partial charge in [0.05, 0.1) is 5.71 Å². The number of hydrogen-bond acceptors (Lipinski definition) is 3. The smallest absolute Gasteiger partial charge is 0.380 e. The van der Waals surface area contributed by atoms with Crippen molar-refractivity contribution < 1.29 is 9.32 Å². The number of Topliss-reactive ketones (excluding diaryl/α,β-unsaturated/α-hetero) is 1. The maximum atomic E-state index is 11.8. The van der Waals surface area contributed by atoms with Crippen LogP contribution < -0.4 is 15.6 Å². The second-order valence-electron chi connectivity index (χ2n) is 6.77. The molecular formula is C24H25NO2Si. The van der Waals surface area contributed by atoms with Gasteiger partial charge in [0.2, 0.25) is 0 Å². The van der Waals surface area contributed by atoms with E-state index in [9.17, 15) is 4.79 Å². The Balaban J connectivity index is 2.17. The average molecular weight is 388 g/mol. The second-order valence-corrected chi connectivity index (χ2v) is 10.0. The lowest BCUT2D eigenvalue weighted by atomic mass is 10.2. The van der Waals surface area contributed by atoms with Crippen molar-refractivity contribution >= 4 is 35.4 Å². The molecule has 0 bridgehead atoms. The molecule has 4 heteroatoms. The summed E-state index contributed by atoms with van der Waals surface area (Å²) in [5, 5.41) is 7.82. The molecule has 0 aliphatic rings. The lowest BCUT2D eigenvalue weighted by Gasteiger charge is -2.30. The normalized spacial score (nSPS) is 11.9. The number of hydrogen-bond donors (Lipinski definition) is 0. The molecule has 142 valence electrons. The van der Waals surface area contributed by atoms with Gasteiger partial charge >= 0.3 is 8.32 Å². The summed E-state index contributed by atoms with van der Waals surface area (Å²) in [7, 11) is -2.85. The average Bonchev–Trinajstić information content (AvgIpc) is 2.76. The minimum Gasteiger partial charge on any atom is -0.438 e. The zero-order valence-electron chi connectivity index (χ0n) is 16.3. The summed E-state index contributed by atoms with van der Waals surface area (Å²) in [5.74, 6) is 0.163. The van der Waals surface area contributed by atoms with Crippen LogP contribution in [-0.4, -0.2) is 19.8 Å². The van der Waals surface area contributed by atoms with E-state index in [1.54, 1.807) is 0 Å². The Kier molecular flexibility index (Phi) is 6.56. The SMILES string of the molecule is CCC(=O)CC(C)=NO[Si](c1ccccc1)(c1ccccc1)c1ccccc1. The van der Waals surface area contributed by atoms with Gasteiger partial charge in [-0.05, 0) is 22.5 Å². The van der Waals surface area contributed by atoms with Crippen LogP contribution in [0.4, 0.5) is 0 Å². The van der Waals surface area contributed by atoms with Crippen molar-refractivity contribution in [2.75, 3.05) is 0 Å². The molecule has 0 aliphatic heterocycles. The third kappa shape index (κ3) is 4.29. The van der Waals surface area contributed by atoms with Crippen molar-refractivity contribution in [1.82, 2.24) is 0 Å². The van der Waals surface area contributed by atoms with Crippen molar-refractivity contribution in [3.8, 4) is 0 Å². The van der Waals surface area contributed by atoms with Gasteiger partial charge in [0, 0.05) is 12.8 Å². The number of oxime groups is 1. The van der Waals surface area contributed by atoms with Crippen LogP contribution in [0.15, 0.2) is 96.2 Å². The molecule has 0 fully saturated rings. The van der Waals surface area contributed by atoms with Gasteiger partial charge in [0.1, 0.15) is 5.78 Å². The number of carbonyl (C=O) groups is 1. The monoisotopic (exact) mass is 387 g/mol. The number of carbonyl (C=O) groups excluding carboxylic acids is 1. The summed E-state index contributed by atoms with van der Waals surface area (Å²) in [4.78, 5) is 11.8. The molecule has 0 radical (unpaired) electrons. The molecule has 3 aromatic carbocycles. The molecule has 0 N–H and O–H groups in total. The molecular weight excluding hydrogens is 362 g/mol. The van der Waals surface area contributed by atoms with Crippen molar-refractivity contribution in [2.24, 2.45) is 5.16 Å². The molecule has 0 atom stereocenters. The highest BCUT2D eigenvalue weighted by atomic mass is 28.4. The molecule has 0 aromatic heterocycles. The van der Waals surface area contributed by atoms with E-state index in [1.807, 2.05) is 68.4 Å². The summed E-state index contributed by atoms with van der Waals surface area (Å²) in [5.41, 5.74) is 0.700. The summed E-state index contributed by atoms with van der Waals surface area (Å²) in [6.07, 6.45) is 0.824. The van der Waals surface area contributed by atoms with E-state index < -0.39 is 8.32 Å². The fourth-order valence-electron chi connectivity index (χ4n) is 3.27. The van der Waals surface area contributed by atoms with Gasteiger partial charge in [0.25, 0.3) is 0 Å². The van der Waals surface area contributed by atoms with E-state index in [-0.39, 0.29) is 5.78 Å². The van der Waals surface area contributed by atoms with E-state index in [0.717, 1.165) is 15.6 Å². The van der Waals surface area contributed by atoms with Crippen LogP contribution >= 0.6 is 0 Å². The fourth-order valence-corrected chi connectivity index (χ4v) is 6.86. The number of nitrogens with zero attached hydrogens (tertiary/aromatic N) is 1. The third-order valence-corrected chi connectivity index (χ3v) is 8.53. The van der Waals surface area contributed by atoms with Crippen LogP contribution in [0.5, 0.6) is 0 Å². The Morgan fingerprint density at radius 1 is 0.786 bits per heavy atom. The van der Waals surface area contributed by atoms with E-state index >= 15 is 0 Å². The first-order chi connectivity index (χ1) is 13.7. The predicted octanol–water partition coefficient (Wildman–Crippen LogP) is 3.42. The van der Waals surface area contributed by atoms with Crippen LogP contribution in [0.25, 0.3) is 0 Å². The summed E-state index contributed by atoms with van der Waals surface area (Å²) < 4.78 is 6.47. The van der Waals surface area contributed by atoms with Crippen molar-refractivity contribution in [2.45, 2.75) is 26.7 Å². The van der Waals surface area contributed by atoms with Gasteiger partial charge in [-0.2, -0.15) is 0 Å². The minimum absolute atomic E-state index is 0.163.